The molecule has 3 heterocycles. The van der Waals surface area contributed by atoms with Crippen LogP contribution in [0.2, 0.25) is 5.02 Å². The molecule has 4 atom stereocenters. The molecule has 11 heteroatoms. The number of carboxylic acids is 1. The van der Waals surface area contributed by atoms with Crippen molar-refractivity contribution in [2.75, 3.05) is 0 Å². The van der Waals surface area contributed by atoms with E-state index in [1.807, 2.05) is 30.3 Å². The van der Waals surface area contributed by atoms with Crippen LogP contribution in [0.3, 0.4) is 0 Å². The van der Waals surface area contributed by atoms with Crippen LogP contribution < -0.4 is 11.1 Å². The number of thioether (sulfide) groups is 1. The molecular weight excluding hydrogens is 465 g/mol. The molecule has 4 N–H and O–H groups in total. The molecule has 2 aromatic rings. The van der Waals surface area contributed by atoms with E-state index in [-0.39, 0.29) is 5.02 Å². The quantitative estimate of drug-likeness (QED) is 0.445. The molecule has 2 amide bonds. The van der Waals surface area contributed by atoms with Gasteiger partial charge < -0.3 is 21.1 Å². The smallest absolute Gasteiger partial charge is 0.327 e. The van der Waals surface area contributed by atoms with Gasteiger partial charge in [-0.1, -0.05) is 41.9 Å². The van der Waals surface area contributed by atoms with Crippen molar-refractivity contribution in [3.63, 3.8) is 0 Å². The van der Waals surface area contributed by atoms with Crippen LogP contribution in [-0.4, -0.2) is 49.7 Å². The van der Waals surface area contributed by atoms with Gasteiger partial charge in [0.25, 0.3) is 11.7 Å². The summed E-state index contributed by atoms with van der Waals surface area (Å²) in [4.78, 5) is 38.9. The second-order valence-electron chi connectivity index (χ2n) is 7.89. The molecule has 0 bridgehead atoms. The zero-order valence-corrected chi connectivity index (χ0v) is 18.9. The molecule has 164 valence electrons. The van der Waals surface area contributed by atoms with Gasteiger partial charge in [-0.25, -0.2) is 9.18 Å². The van der Waals surface area contributed by atoms with Gasteiger partial charge in [-0.3, -0.25) is 9.59 Å². The Morgan fingerprint density at radius 3 is 2.58 bits per heavy atom. The maximum atomic E-state index is 15.5. The monoisotopic (exact) mass is 483 g/mol. The summed E-state index contributed by atoms with van der Waals surface area (Å²) in [5.41, 5.74) is 6.94. The Hall–Kier alpha value is -2.14. The highest BCUT2D eigenvalue weighted by atomic mass is 35.5. The van der Waals surface area contributed by atoms with Crippen molar-refractivity contribution in [2.45, 2.75) is 41.8 Å². The summed E-state index contributed by atoms with van der Waals surface area (Å²) in [5.74, 6) is -5.95. The summed E-state index contributed by atoms with van der Waals surface area (Å²) in [6, 6.07) is 8.56. The lowest BCUT2D eigenvalue weighted by atomic mass is 9.94. The Morgan fingerprint density at radius 1 is 1.32 bits per heavy atom. The number of nitrogens with two attached hydrogens (primary N) is 1. The first-order chi connectivity index (χ1) is 14.5. The van der Waals surface area contributed by atoms with Crippen molar-refractivity contribution in [1.29, 1.82) is 0 Å². The number of fused-ring (bicyclic) bond motifs is 1. The highest BCUT2D eigenvalue weighted by molar-refractivity contribution is 8.01. The first-order valence-electron chi connectivity index (χ1n) is 9.32. The molecule has 2 saturated heterocycles. The first kappa shape index (κ1) is 22.1. The molecule has 2 aliphatic heterocycles. The Labute approximate surface area is 190 Å². The molecule has 31 heavy (non-hydrogen) atoms. The maximum absolute atomic E-state index is 15.5. The van der Waals surface area contributed by atoms with E-state index in [1.165, 1.54) is 11.3 Å². The molecule has 1 aromatic carbocycles. The molecule has 2 fully saturated rings. The number of hydrogen-bond donors (Lipinski definition) is 3. The molecular formula is C20H19ClFN3O4S2. The number of amides is 2. The Morgan fingerprint density at radius 2 is 1.97 bits per heavy atom. The zero-order valence-electron chi connectivity index (χ0n) is 16.5. The molecule has 1 aromatic heterocycles. The third-order valence-electron chi connectivity index (χ3n) is 5.37. The number of β-lactam (4-membered cyclic amide) rings is 1. The van der Waals surface area contributed by atoms with E-state index in [4.69, 9.17) is 17.3 Å². The van der Waals surface area contributed by atoms with Crippen molar-refractivity contribution < 1.29 is 23.9 Å². The van der Waals surface area contributed by atoms with Crippen molar-refractivity contribution in [3.8, 4) is 10.4 Å². The van der Waals surface area contributed by atoms with E-state index in [1.54, 1.807) is 19.9 Å². The van der Waals surface area contributed by atoms with Gasteiger partial charge >= 0.3 is 5.97 Å². The second kappa shape index (κ2) is 7.47. The van der Waals surface area contributed by atoms with Gasteiger partial charge in [-0.15, -0.1) is 23.1 Å². The minimum Gasteiger partial charge on any atom is -0.480 e. The predicted molar refractivity (Wildman–Crippen MR) is 117 cm³/mol. The summed E-state index contributed by atoms with van der Waals surface area (Å²) >= 11 is 8.47. The Balaban J connectivity index is 1.54. The molecule has 7 nitrogen and oxygen atoms in total. The van der Waals surface area contributed by atoms with Crippen LogP contribution in [0.5, 0.6) is 0 Å². The van der Waals surface area contributed by atoms with E-state index >= 15 is 4.39 Å². The lowest BCUT2D eigenvalue weighted by Crippen LogP contribution is -2.77. The highest BCUT2D eigenvalue weighted by Crippen LogP contribution is 2.55. The van der Waals surface area contributed by atoms with Gasteiger partial charge in [0, 0.05) is 9.62 Å². The van der Waals surface area contributed by atoms with Gasteiger partial charge in [0.1, 0.15) is 17.5 Å². The van der Waals surface area contributed by atoms with Crippen LogP contribution >= 0.6 is 34.7 Å². The summed E-state index contributed by atoms with van der Waals surface area (Å²) in [7, 11) is 0. The lowest BCUT2D eigenvalue weighted by molar-refractivity contribution is -0.182. The molecule has 0 spiro atoms. The van der Waals surface area contributed by atoms with Crippen LogP contribution in [0.1, 0.15) is 24.8 Å². The van der Waals surface area contributed by atoms with Crippen molar-refractivity contribution in [1.82, 2.24) is 10.2 Å². The number of aliphatic carboxylic acids is 1. The first-order valence-corrected chi connectivity index (χ1v) is 11.4. The van der Waals surface area contributed by atoms with E-state index < -0.39 is 45.8 Å². The Kier molecular flexibility index (Phi) is 5.32. The molecule has 1 unspecified atom stereocenters. The summed E-state index contributed by atoms with van der Waals surface area (Å²) in [6.07, 6.45) is 0. The minimum absolute atomic E-state index is 0.267. The average Bonchev–Trinajstić information content (AvgIpc) is 3.23. The van der Waals surface area contributed by atoms with E-state index in [0.29, 0.717) is 4.88 Å². The average molecular weight is 484 g/mol. The summed E-state index contributed by atoms with van der Waals surface area (Å²) in [5, 5.41) is 10.7. The molecule has 0 saturated carbocycles. The number of carboxylic acid groups (broad SMARTS) is 1. The number of halogens is 2. The molecule has 2 aliphatic rings. The third kappa shape index (κ3) is 3.42. The fraction of sp³-hybridized carbons (Fsp3) is 0.350. The molecule has 0 aliphatic carbocycles. The number of carbonyl (C=O) groups excluding carboxylic acids is 2. The largest absolute Gasteiger partial charge is 0.480 e. The number of thiophene rings is 1. The zero-order chi connectivity index (χ0) is 22.7. The normalized spacial score (nSPS) is 27.4. The Bertz CT molecular complexity index is 1080. The topological polar surface area (TPSA) is 113 Å². The van der Waals surface area contributed by atoms with Gasteiger partial charge in [0.05, 0.1) is 9.90 Å². The van der Waals surface area contributed by atoms with Crippen LogP contribution in [0.15, 0.2) is 36.4 Å². The fourth-order valence-corrected chi connectivity index (χ4v) is 6.89. The van der Waals surface area contributed by atoms with Crippen molar-refractivity contribution >= 4 is 52.5 Å². The number of carbonyl (C=O) groups is 3. The van der Waals surface area contributed by atoms with Crippen LogP contribution in [0.4, 0.5) is 4.39 Å². The number of nitrogens with zero attached hydrogens (tertiary/aromatic N) is 1. The highest BCUT2D eigenvalue weighted by Gasteiger charge is 2.73. The van der Waals surface area contributed by atoms with Crippen LogP contribution in [0.25, 0.3) is 10.4 Å². The predicted octanol–water partition coefficient (Wildman–Crippen LogP) is 3.00. The minimum atomic E-state index is -2.73. The number of alkyl halides is 1. The molecule has 0 radical (unpaired) electrons. The van der Waals surface area contributed by atoms with Crippen LogP contribution in [-0.2, 0) is 14.4 Å². The second-order valence-corrected chi connectivity index (χ2v) is 11.1. The number of benzene rings is 1. The number of nitrogens with one attached hydrogen (secondary N) is 1. The van der Waals surface area contributed by atoms with Gasteiger partial charge in [0.2, 0.25) is 5.91 Å². The fourth-order valence-electron chi connectivity index (χ4n) is 3.85. The number of hydrogen-bond acceptors (Lipinski definition) is 6. The summed E-state index contributed by atoms with van der Waals surface area (Å²) in [6.45, 7) is 3.24. The van der Waals surface area contributed by atoms with Crippen molar-refractivity contribution in [2.24, 2.45) is 5.73 Å². The van der Waals surface area contributed by atoms with Gasteiger partial charge in [-0.2, -0.15) is 0 Å². The SMILES string of the molecule is CC1(C)S[C@H]2N(C(=O)[C@]2(F)NC(=O)C(N)c2sc(-c3ccccc3)cc2Cl)[C@H]1C(=O)O. The van der Waals surface area contributed by atoms with Crippen molar-refractivity contribution in [3.05, 3.63) is 46.3 Å². The van der Waals surface area contributed by atoms with E-state index in [9.17, 15) is 19.5 Å². The van der Waals surface area contributed by atoms with Gasteiger partial charge in [-0.05, 0) is 25.5 Å². The third-order valence-corrected chi connectivity index (χ3v) is 8.66. The maximum Gasteiger partial charge on any atom is 0.327 e. The lowest BCUT2D eigenvalue weighted by Gasteiger charge is -2.47. The number of rotatable bonds is 5. The van der Waals surface area contributed by atoms with Gasteiger partial charge in [0.15, 0.2) is 0 Å². The summed E-state index contributed by atoms with van der Waals surface area (Å²) < 4.78 is 14.6. The standard InChI is InChI=1S/C20H19ClFN3O4S2/c1-19(2)14(16(27)28)25-17(29)20(22,18(25)31-19)24-15(26)12(23)13-10(21)8-11(30-13)9-6-4-3-5-7-9/h3-8,12,14,18H,23H2,1-2H3,(H,24,26)(H,27,28)/t12?,14-,18+,20-/m0/s1. The van der Waals surface area contributed by atoms with E-state index in [2.05, 4.69) is 5.32 Å². The van der Waals surface area contributed by atoms with E-state index in [0.717, 1.165) is 27.1 Å². The molecule has 4 rings (SSSR count). The van der Waals surface area contributed by atoms with Crippen LogP contribution in [0, 0.1) is 0 Å².